The third-order valence-electron chi connectivity index (χ3n) is 5.50. The van der Waals surface area contributed by atoms with Gasteiger partial charge < -0.3 is 5.32 Å². The fourth-order valence-corrected chi connectivity index (χ4v) is 3.84. The van der Waals surface area contributed by atoms with Crippen LogP contribution in [-0.2, 0) is 9.59 Å². The van der Waals surface area contributed by atoms with E-state index in [-0.39, 0.29) is 17.0 Å². The van der Waals surface area contributed by atoms with Crippen LogP contribution in [0.15, 0.2) is 66.4 Å². The number of hydrogen-bond donors (Lipinski definition) is 1. The fourth-order valence-electron chi connectivity index (χ4n) is 3.66. The predicted molar refractivity (Wildman–Crippen MR) is 128 cm³/mol. The standard InChI is InChI=1S/C25H20ClN3O4/c1-14-4-5-16(3)21(12-14)28-24(30)22(17-7-10-19(11-8-17)29(32)33)23(25(28)31)27-18-9-6-15(2)20(26)13-18/h4-13,27H,1-3H3. The van der Waals surface area contributed by atoms with Crippen LogP contribution >= 0.6 is 11.6 Å². The van der Waals surface area contributed by atoms with Crippen LogP contribution in [0.5, 0.6) is 0 Å². The van der Waals surface area contributed by atoms with Crippen LogP contribution in [-0.4, -0.2) is 16.7 Å². The molecule has 0 spiro atoms. The van der Waals surface area contributed by atoms with Crippen LogP contribution in [0, 0.1) is 30.9 Å². The van der Waals surface area contributed by atoms with Crippen LogP contribution < -0.4 is 10.2 Å². The van der Waals surface area contributed by atoms with Gasteiger partial charge in [-0.3, -0.25) is 19.7 Å². The molecule has 7 nitrogen and oxygen atoms in total. The van der Waals surface area contributed by atoms with Gasteiger partial charge in [-0.25, -0.2) is 4.90 Å². The molecule has 1 N–H and O–H groups in total. The molecule has 8 heteroatoms. The summed E-state index contributed by atoms with van der Waals surface area (Å²) in [5.41, 5.74) is 4.08. The highest BCUT2D eigenvalue weighted by Gasteiger charge is 2.41. The van der Waals surface area contributed by atoms with Gasteiger partial charge in [0.2, 0.25) is 0 Å². The number of halogens is 1. The smallest absolute Gasteiger partial charge is 0.282 e. The average molecular weight is 462 g/mol. The van der Waals surface area contributed by atoms with Crippen molar-refractivity contribution in [1.82, 2.24) is 0 Å². The zero-order chi connectivity index (χ0) is 23.9. The minimum Gasteiger partial charge on any atom is -0.350 e. The summed E-state index contributed by atoms with van der Waals surface area (Å²) in [6, 6.07) is 16.3. The van der Waals surface area contributed by atoms with Gasteiger partial charge in [0, 0.05) is 22.8 Å². The molecular weight excluding hydrogens is 442 g/mol. The largest absolute Gasteiger partial charge is 0.350 e. The molecule has 0 unspecified atom stereocenters. The molecule has 3 aromatic rings. The molecule has 0 saturated heterocycles. The van der Waals surface area contributed by atoms with Crippen LogP contribution in [0.1, 0.15) is 22.3 Å². The normalized spacial score (nSPS) is 13.6. The van der Waals surface area contributed by atoms with Crippen molar-refractivity contribution < 1.29 is 14.5 Å². The maximum Gasteiger partial charge on any atom is 0.282 e. The molecule has 33 heavy (non-hydrogen) atoms. The van der Waals surface area contributed by atoms with E-state index in [9.17, 15) is 19.7 Å². The maximum absolute atomic E-state index is 13.6. The number of nitro groups is 1. The highest BCUT2D eigenvalue weighted by molar-refractivity contribution is 6.46. The highest BCUT2D eigenvalue weighted by atomic mass is 35.5. The van der Waals surface area contributed by atoms with Crippen LogP contribution in [0.3, 0.4) is 0 Å². The number of nitrogens with zero attached hydrogens (tertiary/aromatic N) is 2. The third kappa shape index (κ3) is 4.10. The number of non-ortho nitro benzene ring substituents is 1. The minimum atomic E-state index is -0.518. The Bertz CT molecular complexity index is 1350. The van der Waals surface area contributed by atoms with Crippen molar-refractivity contribution in [1.29, 1.82) is 0 Å². The van der Waals surface area contributed by atoms with Crippen LogP contribution in [0.4, 0.5) is 17.1 Å². The quantitative estimate of drug-likeness (QED) is 0.304. The lowest BCUT2D eigenvalue weighted by molar-refractivity contribution is -0.384. The predicted octanol–water partition coefficient (Wildman–Crippen LogP) is 5.57. The number of aryl methyl sites for hydroxylation is 3. The summed E-state index contributed by atoms with van der Waals surface area (Å²) in [6.45, 7) is 5.57. The Hall–Kier alpha value is -3.97. The van der Waals surface area contributed by atoms with Gasteiger partial charge in [-0.15, -0.1) is 0 Å². The van der Waals surface area contributed by atoms with Gasteiger partial charge in [0.1, 0.15) is 5.70 Å². The zero-order valence-corrected chi connectivity index (χ0v) is 18.9. The summed E-state index contributed by atoms with van der Waals surface area (Å²) in [7, 11) is 0. The molecular formula is C25H20ClN3O4. The molecule has 0 aliphatic carbocycles. The van der Waals surface area contributed by atoms with Crippen molar-refractivity contribution in [2.24, 2.45) is 0 Å². The second-order valence-electron chi connectivity index (χ2n) is 7.88. The molecule has 1 aliphatic rings. The Morgan fingerprint density at radius 2 is 1.55 bits per heavy atom. The van der Waals surface area contributed by atoms with E-state index in [1.807, 2.05) is 32.9 Å². The number of benzene rings is 3. The van der Waals surface area contributed by atoms with E-state index in [0.29, 0.717) is 22.0 Å². The first-order valence-corrected chi connectivity index (χ1v) is 10.5. The van der Waals surface area contributed by atoms with Gasteiger partial charge in [-0.2, -0.15) is 0 Å². The first kappa shape index (κ1) is 22.2. The molecule has 166 valence electrons. The molecule has 1 aliphatic heterocycles. The van der Waals surface area contributed by atoms with Gasteiger partial charge in [-0.1, -0.05) is 29.8 Å². The van der Waals surface area contributed by atoms with Gasteiger partial charge in [0.15, 0.2) is 0 Å². The second-order valence-corrected chi connectivity index (χ2v) is 8.29. The zero-order valence-electron chi connectivity index (χ0n) is 18.2. The molecule has 0 radical (unpaired) electrons. The lowest BCUT2D eigenvalue weighted by Crippen LogP contribution is -2.33. The Labute approximate surface area is 195 Å². The summed E-state index contributed by atoms with van der Waals surface area (Å²) >= 11 is 6.25. The van der Waals surface area contributed by atoms with Gasteiger partial charge in [0.05, 0.1) is 16.2 Å². The number of rotatable bonds is 5. The van der Waals surface area contributed by atoms with Crippen molar-refractivity contribution in [2.45, 2.75) is 20.8 Å². The summed E-state index contributed by atoms with van der Waals surface area (Å²) in [4.78, 5) is 38.8. The summed E-state index contributed by atoms with van der Waals surface area (Å²) < 4.78 is 0. The summed E-state index contributed by atoms with van der Waals surface area (Å²) in [5.74, 6) is -1.03. The highest BCUT2D eigenvalue weighted by Crippen LogP contribution is 2.36. The Morgan fingerprint density at radius 3 is 2.18 bits per heavy atom. The number of nitro benzene ring substituents is 1. The molecule has 3 aromatic carbocycles. The molecule has 2 amide bonds. The summed E-state index contributed by atoms with van der Waals surface area (Å²) in [5, 5.41) is 14.6. The van der Waals surface area contributed by atoms with Crippen molar-refractivity contribution in [3.63, 3.8) is 0 Å². The Balaban J connectivity index is 1.85. The van der Waals surface area contributed by atoms with Gasteiger partial charge in [0.25, 0.3) is 17.5 Å². The first-order chi connectivity index (χ1) is 15.7. The number of amides is 2. The molecule has 0 fully saturated rings. The Morgan fingerprint density at radius 1 is 0.879 bits per heavy atom. The average Bonchev–Trinajstić information content (AvgIpc) is 3.02. The van der Waals surface area contributed by atoms with Gasteiger partial charge >= 0.3 is 0 Å². The van der Waals surface area contributed by atoms with E-state index in [4.69, 9.17) is 11.6 Å². The van der Waals surface area contributed by atoms with E-state index in [2.05, 4.69) is 5.32 Å². The molecule has 0 bridgehead atoms. The monoisotopic (exact) mass is 461 g/mol. The van der Waals surface area contributed by atoms with E-state index in [0.717, 1.165) is 21.6 Å². The minimum absolute atomic E-state index is 0.0784. The fraction of sp³-hybridized carbons (Fsp3) is 0.120. The molecule has 0 atom stereocenters. The third-order valence-corrected chi connectivity index (χ3v) is 5.90. The van der Waals surface area contributed by atoms with Crippen molar-refractivity contribution >= 4 is 46.1 Å². The number of anilines is 2. The summed E-state index contributed by atoms with van der Waals surface area (Å²) in [6.07, 6.45) is 0. The maximum atomic E-state index is 13.6. The molecule has 1 heterocycles. The van der Waals surface area contributed by atoms with E-state index >= 15 is 0 Å². The number of hydrogen-bond acceptors (Lipinski definition) is 5. The number of carbonyl (C=O) groups excluding carboxylic acids is 2. The van der Waals surface area contributed by atoms with Crippen LogP contribution in [0.2, 0.25) is 5.02 Å². The Kier molecular flexibility index (Phi) is 5.74. The van der Waals surface area contributed by atoms with Crippen molar-refractivity contribution in [2.75, 3.05) is 10.2 Å². The van der Waals surface area contributed by atoms with Crippen molar-refractivity contribution in [3.8, 4) is 0 Å². The molecule has 0 saturated carbocycles. The second kappa shape index (κ2) is 8.52. The lowest BCUT2D eigenvalue weighted by Gasteiger charge is -2.18. The molecule has 0 aromatic heterocycles. The van der Waals surface area contributed by atoms with Gasteiger partial charge in [-0.05, 0) is 73.4 Å². The lowest BCUT2D eigenvalue weighted by atomic mass is 10.0. The topological polar surface area (TPSA) is 92.6 Å². The van der Waals surface area contributed by atoms with E-state index in [1.54, 1.807) is 24.3 Å². The first-order valence-electron chi connectivity index (χ1n) is 10.2. The SMILES string of the molecule is Cc1ccc(C)c(N2C(=O)C(Nc3ccc(C)c(Cl)c3)=C(c3ccc([N+](=O)[O-])cc3)C2=O)c1. The van der Waals surface area contributed by atoms with E-state index in [1.165, 1.54) is 24.3 Å². The number of carbonyl (C=O) groups is 2. The van der Waals surface area contributed by atoms with E-state index < -0.39 is 16.7 Å². The molecule has 4 rings (SSSR count). The van der Waals surface area contributed by atoms with Crippen molar-refractivity contribution in [3.05, 3.63) is 104 Å². The van der Waals surface area contributed by atoms with Crippen LogP contribution in [0.25, 0.3) is 5.57 Å². The number of nitrogens with one attached hydrogen (secondary N) is 1. The number of imide groups is 1.